The van der Waals surface area contributed by atoms with E-state index < -0.39 is 0 Å². The first kappa shape index (κ1) is 15.3. The summed E-state index contributed by atoms with van der Waals surface area (Å²) in [6, 6.07) is 0.679. The Bertz CT molecular complexity index is 265. The lowest BCUT2D eigenvalue weighted by atomic mass is 9.84. The predicted octanol–water partition coefficient (Wildman–Crippen LogP) is 2.31. The Balaban J connectivity index is 1.98. The van der Waals surface area contributed by atoms with Crippen molar-refractivity contribution < 1.29 is 0 Å². The second-order valence-corrected chi connectivity index (χ2v) is 6.95. The fourth-order valence-corrected chi connectivity index (χ4v) is 3.51. The molecule has 1 saturated heterocycles. The highest BCUT2D eigenvalue weighted by Gasteiger charge is 2.40. The molecule has 0 radical (unpaired) electrons. The fourth-order valence-electron chi connectivity index (χ4n) is 3.51. The van der Waals surface area contributed by atoms with Crippen LogP contribution in [0.15, 0.2) is 0 Å². The van der Waals surface area contributed by atoms with Gasteiger partial charge in [-0.2, -0.15) is 0 Å². The second-order valence-electron chi connectivity index (χ2n) is 6.95. The van der Waals surface area contributed by atoms with E-state index in [1.54, 1.807) is 0 Å². The molecule has 112 valence electrons. The van der Waals surface area contributed by atoms with E-state index in [4.69, 9.17) is 5.73 Å². The fraction of sp³-hybridized carbons (Fsp3) is 1.00. The number of likely N-dealkylation sites (tertiary alicyclic amines) is 1. The summed E-state index contributed by atoms with van der Waals surface area (Å²) < 4.78 is 0. The van der Waals surface area contributed by atoms with Gasteiger partial charge in [0.2, 0.25) is 0 Å². The van der Waals surface area contributed by atoms with Crippen molar-refractivity contribution >= 4 is 0 Å². The molecule has 19 heavy (non-hydrogen) atoms. The number of rotatable bonds is 7. The SMILES string of the molecule is CCCN(CC1CC1)C1(CN)CCN(C(C)C)CC1. The summed E-state index contributed by atoms with van der Waals surface area (Å²) in [7, 11) is 0. The van der Waals surface area contributed by atoms with Crippen molar-refractivity contribution in [3.05, 3.63) is 0 Å². The molecular formula is C16H33N3. The molecule has 2 rings (SSSR count). The number of piperidine rings is 1. The molecule has 2 aliphatic rings. The summed E-state index contributed by atoms with van der Waals surface area (Å²) in [5.74, 6) is 0.970. The van der Waals surface area contributed by atoms with Crippen molar-refractivity contribution in [2.45, 2.75) is 64.5 Å². The van der Waals surface area contributed by atoms with Crippen LogP contribution in [0.1, 0.15) is 52.9 Å². The molecule has 1 aliphatic carbocycles. The topological polar surface area (TPSA) is 32.5 Å². The quantitative estimate of drug-likeness (QED) is 0.768. The van der Waals surface area contributed by atoms with Crippen LogP contribution in [0, 0.1) is 5.92 Å². The molecule has 0 aromatic carbocycles. The van der Waals surface area contributed by atoms with Crippen molar-refractivity contribution in [2.75, 3.05) is 32.7 Å². The molecule has 0 unspecified atom stereocenters. The number of nitrogens with zero attached hydrogens (tertiary/aromatic N) is 2. The van der Waals surface area contributed by atoms with Crippen LogP contribution in [0.25, 0.3) is 0 Å². The molecule has 2 N–H and O–H groups in total. The minimum atomic E-state index is 0.296. The molecule has 3 heteroatoms. The van der Waals surface area contributed by atoms with Gasteiger partial charge < -0.3 is 10.6 Å². The van der Waals surface area contributed by atoms with E-state index in [2.05, 4.69) is 30.6 Å². The van der Waals surface area contributed by atoms with E-state index in [-0.39, 0.29) is 0 Å². The van der Waals surface area contributed by atoms with Crippen molar-refractivity contribution in [1.82, 2.24) is 9.80 Å². The van der Waals surface area contributed by atoms with Gasteiger partial charge in [0.15, 0.2) is 0 Å². The van der Waals surface area contributed by atoms with E-state index in [0.717, 1.165) is 12.5 Å². The zero-order valence-corrected chi connectivity index (χ0v) is 13.2. The number of hydrogen-bond acceptors (Lipinski definition) is 3. The van der Waals surface area contributed by atoms with E-state index in [1.165, 1.54) is 58.3 Å². The summed E-state index contributed by atoms with van der Waals surface area (Å²) in [6.45, 7) is 12.7. The maximum Gasteiger partial charge on any atom is 0.0356 e. The Hall–Kier alpha value is -0.120. The maximum atomic E-state index is 6.23. The van der Waals surface area contributed by atoms with Gasteiger partial charge in [-0.25, -0.2) is 0 Å². The van der Waals surface area contributed by atoms with Crippen molar-refractivity contribution in [1.29, 1.82) is 0 Å². The largest absolute Gasteiger partial charge is 0.329 e. The first-order chi connectivity index (χ1) is 9.11. The Morgan fingerprint density at radius 1 is 1.26 bits per heavy atom. The highest BCUT2D eigenvalue weighted by Crippen LogP contribution is 2.35. The highest BCUT2D eigenvalue weighted by molar-refractivity contribution is 4.98. The smallest absolute Gasteiger partial charge is 0.0356 e. The first-order valence-electron chi connectivity index (χ1n) is 8.30. The van der Waals surface area contributed by atoms with E-state index in [0.29, 0.717) is 11.6 Å². The molecule has 0 atom stereocenters. The Kier molecular flexibility index (Phi) is 5.27. The van der Waals surface area contributed by atoms with Crippen molar-refractivity contribution in [3.63, 3.8) is 0 Å². The van der Waals surface area contributed by atoms with E-state index in [9.17, 15) is 0 Å². The van der Waals surface area contributed by atoms with E-state index in [1.807, 2.05) is 0 Å². The summed E-state index contributed by atoms with van der Waals surface area (Å²) >= 11 is 0. The molecule has 1 saturated carbocycles. The van der Waals surface area contributed by atoms with E-state index >= 15 is 0 Å². The second kappa shape index (κ2) is 6.55. The lowest BCUT2D eigenvalue weighted by Crippen LogP contribution is -2.60. The zero-order chi connectivity index (χ0) is 13.9. The normalized spacial score (nSPS) is 24.3. The predicted molar refractivity (Wildman–Crippen MR) is 82.3 cm³/mol. The molecule has 0 aromatic heterocycles. The minimum absolute atomic E-state index is 0.296. The lowest BCUT2D eigenvalue weighted by Gasteiger charge is -2.49. The summed E-state index contributed by atoms with van der Waals surface area (Å²) in [6.07, 6.45) is 6.66. The van der Waals surface area contributed by atoms with Crippen LogP contribution in [-0.2, 0) is 0 Å². The van der Waals surface area contributed by atoms with Gasteiger partial charge in [-0.15, -0.1) is 0 Å². The van der Waals surface area contributed by atoms with Crippen LogP contribution in [0.5, 0.6) is 0 Å². The third kappa shape index (κ3) is 3.71. The average Bonchev–Trinajstić information content (AvgIpc) is 3.22. The number of nitrogens with two attached hydrogens (primary N) is 1. The van der Waals surface area contributed by atoms with Gasteiger partial charge in [-0.1, -0.05) is 6.92 Å². The summed E-state index contributed by atoms with van der Waals surface area (Å²) in [5, 5.41) is 0. The summed E-state index contributed by atoms with van der Waals surface area (Å²) in [4.78, 5) is 5.36. The molecule has 0 aromatic rings. The zero-order valence-electron chi connectivity index (χ0n) is 13.2. The van der Waals surface area contributed by atoms with Gasteiger partial charge in [0.1, 0.15) is 0 Å². The molecule has 0 spiro atoms. The van der Waals surface area contributed by atoms with Crippen molar-refractivity contribution in [3.8, 4) is 0 Å². The molecule has 1 heterocycles. The highest BCUT2D eigenvalue weighted by atomic mass is 15.3. The first-order valence-corrected chi connectivity index (χ1v) is 8.30. The van der Waals surface area contributed by atoms with Gasteiger partial charge in [0.25, 0.3) is 0 Å². The van der Waals surface area contributed by atoms with Gasteiger partial charge in [-0.3, -0.25) is 4.90 Å². The average molecular weight is 267 g/mol. The molecular weight excluding hydrogens is 234 g/mol. The van der Waals surface area contributed by atoms with Crippen LogP contribution in [0.2, 0.25) is 0 Å². The molecule has 0 amide bonds. The minimum Gasteiger partial charge on any atom is -0.329 e. The van der Waals surface area contributed by atoms with Gasteiger partial charge in [-0.05, 0) is 58.4 Å². The van der Waals surface area contributed by atoms with Crippen LogP contribution < -0.4 is 5.73 Å². The Morgan fingerprint density at radius 2 is 1.89 bits per heavy atom. The molecule has 1 aliphatic heterocycles. The Labute approximate surface area is 119 Å². The van der Waals surface area contributed by atoms with Crippen LogP contribution >= 0.6 is 0 Å². The lowest BCUT2D eigenvalue weighted by molar-refractivity contribution is 0.0147. The Morgan fingerprint density at radius 3 is 2.32 bits per heavy atom. The third-order valence-electron chi connectivity index (χ3n) is 5.18. The van der Waals surface area contributed by atoms with Crippen LogP contribution in [0.4, 0.5) is 0 Å². The monoisotopic (exact) mass is 267 g/mol. The molecule has 3 nitrogen and oxygen atoms in total. The van der Waals surface area contributed by atoms with Gasteiger partial charge >= 0.3 is 0 Å². The molecule has 2 fully saturated rings. The molecule has 0 bridgehead atoms. The standard InChI is InChI=1S/C16H33N3/c1-4-9-19(12-15-5-6-15)16(13-17)7-10-18(11-8-16)14(2)3/h14-15H,4-13,17H2,1-3H3. The summed E-state index contributed by atoms with van der Waals surface area (Å²) in [5.41, 5.74) is 6.52. The van der Waals surface area contributed by atoms with Crippen LogP contribution in [0.3, 0.4) is 0 Å². The van der Waals surface area contributed by atoms with Gasteiger partial charge in [0, 0.05) is 37.8 Å². The maximum absolute atomic E-state index is 6.23. The number of hydrogen-bond donors (Lipinski definition) is 1. The third-order valence-corrected chi connectivity index (χ3v) is 5.18. The van der Waals surface area contributed by atoms with Crippen molar-refractivity contribution in [2.24, 2.45) is 11.7 Å². The van der Waals surface area contributed by atoms with Gasteiger partial charge in [0.05, 0.1) is 0 Å². The van der Waals surface area contributed by atoms with Crippen LogP contribution in [-0.4, -0.2) is 54.1 Å².